The monoisotopic (exact) mass is 232 g/mol. The lowest BCUT2D eigenvalue weighted by Gasteiger charge is -2.12. The Morgan fingerprint density at radius 3 is 2.65 bits per heavy atom. The Morgan fingerprint density at radius 2 is 2.00 bits per heavy atom. The minimum Gasteiger partial charge on any atom is -0.388 e. The molecule has 1 aromatic heterocycles. The number of aromatic amines is 2. The van der Waals surface area contributed by atoms with E-state index in [4.69, 9.17) is 0 Å². The van der Waals surface area contributed by atoms with Gasteiger partial charge in [0.15, 0.2) is 0 Å². The highest BCUT2D eigenvalue weighted by Crippen LogP contribution is 2.57. The Labute approximate surface area is 98.7 Å². The lowest BCUT2D eigenvalue weighted by atomic mass is 9.99. The lowest BCUT2D eigenvalue weighted by Crippen LogP contribution is -2.04. The van der Waals surface area contributed by atoms with E-state index in [1.807, 2.05) is 18.2 Å². The normalized spacial score (nSPS) is 23.8. The molecule has 3 rings (SSSR count). The van der Waals surface area contributed by atoms with Crippen molar-refractivity contribution >= 4 is 11.0 Å². The number of imidazole rings is 1. The van der Waals surface area contributed by atoms with Gasteiger partial charge in [-0.2, -0.15) is 0 Å². The van der Waals surface area contributed by atoms with E-state index in [-0.39, 0.29) is 11.1 Å². The molecular weight excluding hydrogens is 216 g/mol. The molecular formula is C13H16N2O2. The average Bonchev–Trinajstić information content (AvgIpc) is 2.73. The molecule has 1 fully saturated rings. The number of fused-ring (bicyclic) bond motifs is 1. The van der Waals surface area contributed by atoms with Crippen LogP contribution in [0.25, 0.3) is 11.0 Å². The van der Waals surface area contributed by atoms with Crippen LogP contribution in [0.4, 0.5) is 0 Å². The predicted molar refractivity (Wildman–Crippen MR) is 65.8 cm³/mol. The van der Waals surface area contributed by atoms with E-state index in [2.05, 4.69) is 23.8 Å². The molecule has 0 amide bonds. The topological polar surface area (TPSA) is 68.9 Å². The predicted octanol–water partition coefficient (Wildman–Crippen LogP) is 1.94. The number of hydrogen-bond donors (Lipinski definition) is 3. The maximum atomic E-state index is 11.1. The molecule has 1 aliphatic rings. The molecule has 3 N–H and O–H groups in total. The zero-order valence-corrected chi connectivity index (χ0v) is 9.95. The van der Waals surface area contributed by atoms with Crippen LogP contribution in [0.3, 0.4) is 0 Å². The molecule has 0 radical (unpaired) electrons. The van der Waals surface area contributed by atoms with Crippen molar-refractivity contribution in [3.63, 3.8) is 0 Å². The van der Waals surface area contributed by atoms with Gasteiger partial charge in [0, 0.05) is 0 Å². The molecule has 1 aromatic carbocycles. The zero-order chi connectivity index (χ0) is 12.2. The van der Waals surface area contributed by atoms with E-state index in [0.717, 1.165) is 23.0 Å². The molecule has 0 spiro atoms. The van der Waals surface area contributed by atoms with Gasteiger partial charge in [0.2, 0.25) is 0 Å². The van der Waals surface area contributed by atoms with Gasteiger partial charge < -0.3 is 15.1 Å². The largest absolute Gasteiger partial charge is 0.388 e. The summed E-state index contributed by atoms with van der Waals surface area (Å²) < 4.78 is 0. The molecule has 2 unspecified atom stereocenters. The number of rotatable bonds is 2. The molecule has 0 aliphatic heterocycles. The van der Waals surface area contributed by atoms with E-state index in [0.29, 0.717) is 5.92 Å². The summed E-state index contributed by atoms with van der Waals surface area (Å²) >= 11 is 0. The number of benzene rings is 1. The van der Waals surface area contributed by atoms with Gasteiger partial charge in [-0.05, 0) is 35.4 Å². The van der Waals surface area contributed by atoms with Crippen molar-refractivity contribution in [2.24, 2.45) is 11.3 Å². The van der Waals surface area contributed by atoms with E-state index >= 15 is 0 Å². The zero-order valence-electron chi connectivity index (χ0n) is 9.95. The fourth-order valence-corrected chi connectivity index (χ4v) is 2.51. The third kappa shape index (κ3) is 1.69. The quantitative estimate of drug-likeness (QED) is 0.740. The van der Waals surface area contributed by atoms with Gasteiger partial charge in [-0.3, -0.25) is 0 Å². The SMILES string of the molecule is CC1(C)CC1C(O)c1ccc2[nH]c(=O)[nH]c2c1. The Morgan fingerprint density at radius 1 is 1.35 bits per heavy atom. The third-order valence-electron chi connectivity index (χ3n) is 3.85. The third-order valence-corrected chi connectivity index (χ3v) is 3.85. The number of aliphatic hydroxyl groups excluding tert-OH is 1. The average molecular weight is 232 g/mol. The summed E-state index contributed by atoms with van der Waals surface area (Å²) in [6, 6.07) is 5.57. The second-order valence-corrected chi connectivity index (χ2v) is 5.63. The molecule has 0 bridgehead atoms. The molecule has 4 nitrogen and oxygen atoms in total. The van der Waals surface area contributed by atoms with Crippen LogP contribution in [-0.2, 0) is 0 Å². The molecule has 2 aromatic rings. The van der Waals surface area contributed by atoms with Crippen LogP contribution in [0.15, 0.2) is 23.0 Å². The van der Waals surface area contributed by atoms with Gasteiger partial charge in [-0.1, -0.05) is 19.9 Å². The Balaban J connectivity index is 1.98. The van der Waals surface area contributed by atoms with Gasteiger partial charge in [0.1, 0.15) is 0 Å². The van der Waals surface area contributed by atoms with Crippen LogP contribution < -0.4 is 5.69 Å². The van der Waals surface area contributed by atoms with Crippen LogP contribution in [0.2, 0.25) is 0 Å². The first-order chi connectivity index (χ1) is 7.97. The van der Waals surface area contributed by atoms with E-state index in [9.17, 15) is 9.90 Å². The highest BCUT2D eigenvalue weighted by atomic mass is 16.3. The molecule has 17 heavy (non-hydrogen) atoms. The second-order valence-electron chi connectivity index (χ2n) is 5.63. The summed E-state index contributed by atoms with van der Waals surface area (Å²) in [6.45, 7) is 4.33. The molecule has 1 heterocycles. The fourth-order valence-electron chi connectivity index (χ4n) is 2.51. The maximum absolute atomic E-state index is 11.1. The van der Waals surface area contributed by atoms with Gasteiger partial charge in [-0.25, -0.2) is 4.79 Å². The van der Waals surface area contributed by atoms with Gasteiger partial charge in [0.25, 0.3) is 0 Å². The summed E-state index contributed by atoms with van der Waals surface area (Å²) in [6.07, 6.45) is 0.614. The van der Waals surface area contributed by atoms with Crippen molar-refractivity contribution in [3.05, 3.63) is 34.2 Å². The van der Waals surface area contributed by atoms with Crippen LogP contribution in [0.1, 0.15) is 31.9 Å². The summed E-state index contributed by atoms with van der Waals surface area (Å²) in [5.74, 6) is 0.325. The Bertz CT molecular complexity index is 624. The van der Waals surface area contributed by atoms with Gasteiger partial charge in [0.05, 0.1) is 17.1 Å². The molecule has 1 aliphatic carbocycles. The minimum absolute atomic E-state index is 0.210. The van der Waals surface area contributed by atoms with Crippen LogP contribution in [-0.4, -0.2) is 15.1 Å². The standard InChI is InChI=1S/C13H16N2O2/c1-13(2)6-8(13)11(16)7-3-4-9-10(5-7)15-12(17)14-9/h3-5,8,11,16H,6H2,1-2H3,(H2,14,15,17). The summed E-state index contributed by atoms with van der Waals surface area (Å²) in [5, 5.41) is 10.3. The van der Waals surface area contributed by atoms with Crippen molar-refractivity contribution < 1.29 is 5.11 Å². The Hall–Kier alpha value is -1.55. The minimum atomic E-state index is -0.437. The van der Waals surface area contributed by atoms with Crippen molar-refractivity contribution in [1.82, 2.24) is 9.97 Å². The van der Waals surface area contributed by atoms with Gasteiger partial charge in [-0.15, -0.1) is 0 Å². The molecule has 90 valence electrons. The first-order valence-corrected chi connectivity index (χ1v) is 5.87. The van der Waals surface area contributed by atoms with Crippen molar-refractivity contribution in [1.29, 1.82) is 0 Å². The fraction of sp³-hybridized carbons (Fsp3) is 0.462. The first kappa shape index (κ1) is 10.6. The number of aliphatic hydroxyl groups is 1. The number of hydrogen-bond acceptors (Lipinski definition) is 2. The van der Waals surface area contributed by atoms with E-state index in [1.54, 1.807) is 0 Å². The van der Waals surface area contributed by atoms with Crippen LogP contribution in [0, 0.1) is 11.3 Å². The van der Waals surface area contributed by atoms with Crippen LogP contribution in [0.5, 0.6) is 0 Å². The van der Waals surface area contributed by atoms with E-state index in [1.165, 1.54) is 0 Å². The van der Waals surface area contributed by atoms with Crippen molar-refractivity contribution in [2.75, 3.05) is 0 Å². The second kappa shape index (κ2) is 3.23. The highest BCUT2D eigenvalue weighted by Gasteiger charge is 2.50. The maximum Gasteiger partial charge on any atom is 0.323 e. The highest BCUT2D eigenvalue weighted by molar-refractivity contribution is 5.75. The number of H-pyrrole nitrogens is 2. The molecule has 1 saturated carbocycles. The smallest absolute Gasteiger partial charge is 0.323 e. The van der Waals surface area contributed by atoms with Gasteiger partial charge >= 0.3 is 5.69 Å². The molecule has 0 saturated heterocycles. The lowest BCUT2D eigenvalue weighted by molar-refractivity contribution is 0.138. The summed E-state index contributed by atoms with van der Waals surface area (Å²) in [7, 11) is 0. The van der Waals surface area contributed by atoms with Crippen molar-refractivity contribution in [2.45, 2.75) is 26.4 Å². The van der Waals surface area contributed by atoms with Crippen LogP contribution >= 0.6 is 0 Å². The Kier molecular flexibility index (Phi) is 2.01. The van der Waals surface area contributed by atoms with Crippen molar-refractivity contribution in [3.8, 4) is 0 Å². The summed E-state index contributed by atoms with van der Waals surface area (Å²) in [5.41, 5.74) is 2.44. The van der Waals surface area contributed by atoms with E-state index < -0.39 is 6.10 Å². The molecule has 2 atom stereocenters. The summed E-state index contributed by atoms with van der Waals surface area (Å²) in [4.78, 5) is 16.6. The number of nitrogens with one attached hydrogen (secondary N) is 2. The first-order valence-electron chi connectivity index (χ1n) is 5.87. The number of aromatic nitrogens is 2. The molecule has 4 heteroatoms.